The number of amides is 3. The monoisotopic (exact) mass is 698 g/mol. The van der Waals surface area contributed by atoms with E-state index in [-0.39, 0.29) is 43.8 Å². The third kappa shape index (κ3) is 6.69. The second-order valence-corrected chi connectivity index (χ2v) is 13.8. The summed E-state index contributed by atoms with van der Waals surface area (Å²) in [5, 5.41) is 9.59. The van der Waals surface area contributed by atoms with E-state index in [2.05, 4.69) is 18.7 Å². The first kappa shape index (κ1) is 36.3. The standard InChI is InChI=1S/C40H50N4O7/c1-5-42(6-2)29-18-20-30(21-19-29)43-24-12-8-11-17-32(46)41(4)27(3)35(28-15-9-7-10-16-28)50-39(49)33-31-22-23-40(51-31)34(33)37(47)44(25-13-14-26-45)36(40)38(43)48/h7-10,12,15-16,18-23,27,31,33-36,45H,5-6,11,13-14,17,24-26H2,1-4H3/b12-8-/t27-,31+,33-,34-,35+,36+,40-/m0/s1. The predicted octanol–water partition coefficient (Wildman–Crippen LogP) is 4.27. The number of rotatable bonds is 9. The molecule has 0 saturated carbocycles. The van der Waals surface area contributed by atoms with Crippen molar-refractivity contribution in [1.82, 2.24) is 9.80 Å². The highest BCUT2D eigenvalue weighted by Crippen LogP contribution is 2.56. The molecule has 3 amide bonds. The maximum Gasteiger partial charge on any atom is 0.313 e. The Morgan fingerprint density at radius 1 is 0.941 bits per heavy atom. The van der Waals surface area contributed by atoms with E-state index in [0.29, 0.717) is 24.9 Å². The van der Waals surface area contributed by atoms with E-state index < -0.39 is 47.7 Å². The lowest BCUT2D eigenvalue weighted by atomic mass is 9.74. The molecular formula is C40H50N4O7. The number of allylic oxidation sites excluding steroid dienone is 1. The molecule has 0 aliphatic carbocycles. The summed E-state index contributed by atoms with van der Waals surface area (Å²) in [4.78, 5) is 64.4. The van der Waals surface area contributed by atoms with Crippen molar-refractivity contribution in [3.05, 3.63) is 84.5 Å². The molecule has 2 fully saturated rings. The fraction of sp³-hybridized carbons (Fsp3) is 0.500. The Balaban J connectivity index is 1.43. The van der Waals surface area contributed by atoms with Crippen molar-refractivity contribution >= 4 is 35.1 Å². The minimum atomic E-state index is -1.38. The molecule has 4 aliphatic rings. The number of unbranched alkanes of at least 4 members (excludes halogenated alkanes) is 1. The quantitative estimate of drug-likeness (QED) is 0.235. The molecule has 2 aromatic rings. The molecule has 1 N–H and O–H groups in total. The molecule has 51 heavy (non-hydrogen) atoms. The molecular weight excluding hydrogens is 648 g/mol. The maximum absolute atomic E-state index is 15.0. The van der Waals surface area contributed by atoms with E-state index >= 15 is 4.79 Å². The first-order valence-electron chi connectivity index (χ1n) is 18.3. The Hall–Kier alpha value is -4.48. The number of cyclic esters (lactones) is 1. The van der Waals surface area contributed by atoms with Crippen LogP contribution in [-0.4, -0.2) is 102 Å². The summed E-state index contributed by atoms with van der Waals surface area (Å²) in [6.45, 7) is 8.09. The van der Waals surface area contributed by atoms with Crippen molar-refractivity contribution in [3.63, 3.8) is 0 Å². The average molecular weight is 699 g/mol. The molecule has 0 unspecified atom stereocenters. The van der Waals surface area contributed by atoms with Crippen LogP contribution < -0.4 is 9.80 Å². The van der Waals surface area contributed by atoms with E-state index in [4.69, 9.17) is 9.47 Å². The molecule has 11 heteroatoms. The maximum atomic E-state index is 15.0. The number of likely N-dealkylation sites (N-methyl/N-ethyl adjacent to an activating group) is 1. The van der Waals surface area contributed by atoms with Crippen molar-refractivity contribution in [2.75, 3.05) is 49.6 Å². The number of carbonyl (C=O) groups is 4. The topological polar surface area (TPSA) is 120 Å². The number of benzene rings is 2. The van der Waals surface area contributed by atoms with Gasteiger partial charge >= 0.3 is 5.97 Å². The Morgan fingerprint density at radius 3 is 2.35 bits per heavy atom. The fourth-order valence-corrected chi connectivity index (χ4v) is 8.16. The van der Waals surface area contributed by atoms with Crippen molar-refractivity contribution < 1.29 is 33.8 Å². The Bertz CT molecular complexity index is 1640. The van der Waals surface area contributed by atoms with E-state index in [1.807, 2.05) is 73.7 Å². The molecule has 4 aliphatic heterocycles. The summed E-state index contributed by atoms with van der Waals surface area (Å²) in [5.41, 5.74) is 1.04. The van der Waals surface area contributed by atoms with Gasteiger partial charge in [-0.1, -0.05) is 54.6 Å². The van der Waals surface area contributed by atoms with Gasteiger partial charge in [-0.25, -0.2) is 0 Å². The highest BCUT2D eigenvalue weighted by Gasteiger charge is 2.73. The van der Waals surface area contributed by atoms with Crippen LogP contribution in [0.5, 0.6) is 0 Å². The van der Waals surface area contributed by atoms with Crippen LogP contribution in [0.1, 0.15) is 58.1 Å². The Labute approximate surface area is 300 Å². The first-order chi connectivity index (χ1) is 24.7. The summed E-state index contributed by atoms with van der Waals surface area (Å²) < 4.78 is 12.9. The molecule has 2 saturated heterocycles. The van der Waals surface area contributed by atoms with Crippen LogP contribution in [0.3, 0.4) is 0 Å². The van der Waals surface area contributed by atoms with Gasteiger partial charge in [0.1, 0.15) is 23.7 Å². The second kappa shape index (κ2) is 15.4. The molecule has 0 aromatic heterocycles. The van der Waals surface area contributed by atoms with Crippen molar-refractivity contribution in [2.24, 2.45) is 11.8 Å². The number of aliphatic hydroxyl groups is 1. The van der Waals surface area contributed by atoms with Crippen LogP contribution in [0, 0.1) is 11.8 Å². The summed E-state index contributed by atoms with van der Waals surface area (Å²) >= 11 is 0. The van der Waals surface area contributed by atoms with Gasteiger partial charge in [0.2, 0.25) is 11.8 Å². The lowest BCUT2D eigenvalue weighted by Gasteiger charge is -2.36. The normalized spacial score (nSPS) is 30.2. The number of carbonyl (C=O) groups excluding carboxylic acids is 4. The zero-order valence-electron chi connectivity index (χ0n) is 30.0. The predicted molar refractivity (Wildman–Crippen MR) is 194 cm³/mol. The summed E-state index contributed by atoms with van der Waals surface area (Å²) in [7, 11) is 1.71. The molecule has 5 bridgehead atoms. The van der Waals surface area contributed by atoms with Gasteiger partial charge < -0.3 is 34.2 Å². The molecule has 2 aromatic carbocycles. The molecule has 7 atom stereocenters. The number of likely N-dealkylation sites (tertiary alicyclic amines) is 1. The van der Waals surface area contributed by atoms with Crippen molar-refractivity contribution in [1.29, 1.82) is 0 Å². The molecule has 4 heterocycles. The van der Waals surface area contributed by atoms with Gasteiger partial charge in [-0.15, -0.1) is 0 Å². The second-order valence-electron chi connectivity index (χ2n) is 13.8. The number of hydrogen-bond acceptors (Lipinski definition) is 8. The van der Waals surface area contributed by atoms with Gasteiger partial charge in [0.25, 0.3) is 5.91 Å². The highest BCUT2D eigenvalue weighted by atomic mass is 16.6. The van der Waals surface area contributed by atoms with E-state index in [1.54, 1.807) is 33.9 Å². The van der Waals surface area contributed by atoms with E-state index in [0.717, 1.165) is 24.3 Å². The zero-order chi connectivity index (χ0) is 36.3. The highest BCUT2D eigenvalue weighted by molar-refractivity contribution is 6.05. The van der Waals surface area contributed by atoms with E-state index in [1.165, 1.54) is 0 Å². The van der Waals surface area contributed by atoms with Crippen LogP contribution in [0.25, 0.3) is 0 Å². The van der Waals surface area contributed by atoms with Crippen LogP contribution in [-0.2, 0) is 28.7 Å². The third-order valence-corrected chi connectivity index (χ3v) is 11.0. The fourth-order valence-electron chi connectivity index (χ4n) is 8.16. The molecule has 272 valence electrons. The average Bonchev–Trinajstić information content (AvgIpc) is 3.79. The lowest BCUT2D eigenvalue weighted by molar-refractivity contribution is -0.164. The zero-order valence-corrected chi connectivity index (χ0v) is 30.0. The van der Waals surface area contributed by atoms with Crippen LogP contribution in [0.15, 0.2) is 78.9 Å². The van der Waals surface area contributed by atoms with Crippen molar-refractivity contribution in [3.8, 4) is 0 Å². The number of aliphatic hydroxyl groups excluding tert-OH is 1. The number of esters is 1. The SMILES string of the molecule is CCN(CC)c1ccc(N2C/C=C\CCC(=O)N(C)[C@@H](C)[C@H](c3ccccc3)OC(=O)[C@@H]3[C@H]4C(=O)N(CCCCO)[C@H](C2=O)[C@]42C=C[C@H]3O2)cc1. The number of ether oxygens (including phenoxy) is 2. The Morgan fingerprint density at radius 2 is 1.67 bits per heavy atom. The third-order valence-electron chi connectivity index (χ3n) is 11.0. The molecule has 11 nitrogen and oxygen atoms in total. The van der Waals surface area contributed by atoms with Gasteiger partial charge in [-0.2, -0.15) is 0 Å². The number of hydrogen-bond donors (Lipinski definition) is 1. The smallest absolute Gasteiger partial charge is 0.313 e. The van der Waals surface area contributed by atoms with Crippen molar-refractivity contribution in [2.45, 2.75) is 76.3 Å². The Kier molecular flexibility index (Phi) is 11.0. The van der Waals surface area contributed by atoms with Crippen LogP contribution in [0.2, 0.25) is 0 Å². The number of anilines is 2. The van der Waals surface area contributed by atoms with Gasteiger partial charge in [0.05, 0.1) is 18.1 Å². The summed E-state index contributed by atoms with van der Waals surface area (Å²) in [5.74, 6) is -3.35. The van der Waals surface area contributed by atoms with Gasteiger partial charge in [-0.3, -0.25) is 19.2 Å². The molecule has 0 radical (unpaired) electrons. The van der Waals surface area contributed by atoms with Gasteiger partial charge in [0.15, 0.2) is 0 Å². The van der Waals surface area contributed by atoms with Crippen LogP contribution >= 0.6 is 0 Å². The van der Waals surface area contributed by atoms with E-state index in [9.17, 15) is 19.5 Å². The first-order valence-corrected chi connectivity index (χ1v) is 18.3. The largest absolute Gasteiger partial charge is 0.455 e. The number of fused-ring (bicyclic) bond motifs is 2. The summed E-state index contributed by atoms with van der Waals surface area (Å²) in [6.07, 6.45) is 7.43. The number of nitrogens with zero attached hydrogens (tertiary/aromatic N) is 4. The van der Waals surface area contributed by atoms with Gasteiger partial charge in [-0.05, 0) is 69.9 Å². The summed E-state index contributed by atoms with van der Waals surface area (Å²) in [6, 6.07) is 15.6. The van der Waals surface area contributed by atoms with Crippen LogP contribution in [0.4, 0.5) is 11.4 Å². The molecule has 1 spiro atoms. The van der Waals surface area contributed by atoms with Gasteiger partial charge in [0, 0.05) is 57.6 Å². The lowest BCUT2D eigenvalue weighted by Crippen LogP contribution is -2.56. The minimum Gasteiger partial charge on any atom is -0.455 e. The molecule has 6 rings (SSSR count). The minimum absolute atomic E-state index is 0.0472.